The molecule has 1 saturated heterocycles. The lowest BCUT2D eigenvalue weighted by Crippen LogP contribution is -2.67. The van der Waals surface area contributed by atoms with E-state index in [4.69, 9.17) is 0 Å². The number of hydrogen-bond acceptors (Lipinski definition) is 3. The third kappa shape index (κ3) is 2.63. The number of nitrogens with zero attached hydrogens (tertiary/aromatic N) is 2. The Morgan fingerprint density at radius 2 is 1.56 bits per heavy atom. The number of likely N-dealkylation sites (tertiary alicyclic amines) is 1. The van der Waals surface area contributed by atoms with Crippen molar-refractivity contribution in [1.29, 1.82) is 0 Å². The molecule has 2 fully saturated rings. The van der Waals surface area contributed by atoms with Gasteiger partial charge in [-0.2, -0.15) is 0 Å². The fourth-order valence-electron chi connectivity index (χ4n) is 6.93. The predicted octanol–water partition coefficient (Wildman–Crippen LogP) is 5.55. The number of amides is 3. The van der Waals surface area contributed by atoms with Gasteiger partial charge in [-0.3, -0.25) is 19.3 Å². The normalized spacial score (nSPS) is 28.5. The Labute approximate surface area is 211 Å². The molecule has 3 aliphatic rings. The zero-order valence-corrected chi connectivity index (χ0v) is 21.1. The highest BCUT2D eigenvalue weighted by atomic mass is 16.2. The molecule has 6 rings (SSSR count). The molecular weight excluding hydrogens is 448 g/mol. The van der Waals surface area contributed by atoms with Crippen molar-refractivity contribution >= 4 is 34.6 Å². The van der Waals surface area contributed by atoms with Gasteiger partial charge in [0.05, 0.1) is 11.5 Å². The van der Waals surface area contributed by atoms with E-state index in [9.17, 15) is 14.4 Å². The topological polar surface area (TPSA) is 57.7 Å². The minimum atomic E-state index is -1.31. The number of fused-ring (bicyclic) bond motifs is 4. The molecule has 0 N–H and O–H groups in total. The Morgan fingerprint density at radius 3 is 2.33 bits per heavy atom. The minimum Gasteiger partial charge on any atom is -0.306 e. The van der Waals surface area contributed by atoms with Gasteiger partial charge in [0.1, 0.15) is 5.41 Å². The van der Waals surface area contributed by atoms with E-state index in [0.717, 1.165) is 27.5 Å². The molecule has 0 radical (unpaired) electrons. The Morgan fingerprint density at radius 1 is 0.861 bits per heavy atom. The van der Waals surface area contributed by atoms with Gasteiger partial charge < -0.3 is 4.90 Å². The number of benzene rings is 3. The maximum atomic E-state index is 14.7. The van der Waals surface area contributed by atoms with Gasteiger partial charge in [-0.05, 0) is 52.4 Å². The van der Waals surface area contributed by atoms with E-state index in [1.807, 2.05) is 57.3 Å². The standard InChI is InChI=1S/C31H30N2O3/c1-29(2)30(3)16-17-31(29,27(35)32(4)26(30)34)28(36)33-18-15-21-10-7-8-12-24(21)25(33)23-14-13-20-9-5-6-11-22(20)19-23/h5-15,18-19,25H,16-17H2,1-4H3/t25-,30-,31+/m0/s1. The van der Waals surface area contributed by atoms with Crippen LogP contribution in [0, 0.1) is 16.2 Å². The fraction of sp³-hybridized carbons (Fsp3) is 0.323. The molecule has 5 heteroatoms. The average molecular weight is 479 g/mol. The molecule has 182 valence electrons. The van der Waals surface area contributed by atoms with Crippen molar-refractivity contribution in [2.45, 2.75) is 39.7 Å². The number of hydrogen-bond donors (Lipinski definition) is 0. The van der Waals surface area contributed by atoms with E-state index in [2.05, 4.69) is 42.5 Å². The van der Waals surface area contributed by atoms with E-state index < -0.39 is 16.2 Å². The van der Waals surface area contributed by atoms with Gasteiger partial charge in [0.15, 0.2) is 0 Å². The summed E-state index contributed by atoms with van der Waals surface area (Å²) in [5, 5.41) is 2.23. The molecule has 2 aliphatic heterocycles. The van der Waals surface area contributed by atoms with Gasteiger partial charge in [-0.15, -0.1) is 0 Å². The summed E-state index contributed by atoms with van der Waals surface area (Å²) in [6.07, 6.45) is 4.65. The first-order valence-electron chi connectivity index (χ1n) is 12.5. The highest BCUT2D eigenvalue weighted by Gasteiger charge is 2.75. The Balaban J connectivity index is 1.53. The highest BCUT2D eigenvalue weighted by molar-refractivity contribution is 6.16. The van der Waals surface area contributed by atoms with E-state index in [-0.39, 0.29) is 23.8 Å². The molecule has 0 spiro atoms. The molecule has 3 aromatic carbocycles. The van der Waals surface area contributed by atoms with Crippen LogP contribution in [-0.2, 0) is 14.4 Å². The molecule has 2 bridgehead atoms. The van der Waals surface area contributed by atoms with Crippen molar-refractivity contribution < 1.29 is 14.4 Å². The van der Waals surface area contributed by atoms with E-state index in [1.165, 1.54) is 11.9 Å². The SMILES string of the molecule is CN1C(=O)[C@@]2(C(=O)N3C=Cc4ccccc4[C@@H]3c3ccc4ccccc4c3)CC[C@@](C)(C1=O)C2(C)C. The first-order chi connectivity index (χ1) is 17.1. The van der Waals surface area contributed by atoms with Gasteiger partial charge in [0, 0.05) is 18.7 Å². The van der Waals surface area contributed by atoms with Crippen molar-refractivity contribution in [1.82, 2.24) is 9.80 Å². The minimum absolute atomic E-state index is 0.191. The Hall–Kier alpha value is -3.73. The van der Waals surface area contributed by atoms with Crippen molar-refractivity contribution in [3.8, 4) is 0 Å². The molecule has 0 unspecified atom stereocenters. The van der Waals surface area contributed by atoms with Gasteiger partial charge in [-0.25, -0.2) is 0 Å². The lowest BCUT2D eigenvalue weighted by atomic mass is 9.55. The van der Waals surface area contributed by atoms with Gasteiger partial charge in [-0.1, -0.05) is 81.4 Å². The van der Waals surface area contributed by atoms with Crippen LogP contribution in [-0.4, -0.2) is 34.6 Å². The zero-order valence-electron chi connectivity index (χ0n) is 21.1. The first-order valence-corrected chi connectivity index (χ1v) is 12.5. The molecule has 0 aromatic heterocycles. The quantitative estimate of drug-likeness (QED) is 0.358. The summed E-state index contributed by atoms with van der Waals surface area (Å²) in [6.45, 7) is 5.76. The van der Waals surface area contributed by atoms with E-state index in [0.29, 0.717) is 12.8 Å². The maximum absolute atomic E-state index is 14.7. The van der Waals surface area contributed by atoms with Crippen LogP contribution in [0.5, 0.6) is 0 Å². The fourth-order valence-corrected chi connectivity index (χ4v) is 6.93. The molecule has 3 aromatic rings. The number of carbonyl (C=O) groups is 3. The summed E-state index contributed by atoms with van der Waals surface area (Å²) >= 11 is 0. The summed E-state index contributed by atoms with van der Waals surface area (Å²) in [5.41, 5.74) is 0.149. The maximum Gasteiger partial charge on any atom is 0.245 e. The molecule has 1 saturated carbocycles. The van der Waals surface area contributed by atoms with Crippen molar-refractivity contribution in [2.24, 2.45) is 16.2 Å². The molecular formula is C31H30N2O3. The van der Waals surface area contributed by atoms with Crippen LogP contribution in [0.25, 0.3) is 16.8 Å². The predicted molar refractivity (Wildman–Crippen MR) is 139 cm³/mol. The Bertz CT molecular complexity index is 1490. The average Bonchev–Trinajstić information content (AvgIpc) is 3.07. The molecule has 3 atom stereocenters. The lowest BCUT2D eigenvalue weighted by Gasteiger charge is -2.53. The van der Waals surface area contributed by atoms with Crippen LogP contribution < -0.4 is 0 Å². The summed E-state index contributed by atoms with van der Waals surface area (Å²) < 4.78 is 0. The zero-order chi connectivity index (χ0) is 25.5. The van der Waals surface area contributed by atoms with Gasteiger partial charge >= 0.3 is 0 Å². The Kier molecular flexibility index (Phi) is 4.66. The molecule has 5 nitrogen and oxygen atoms in total. The lowest BCUT2D eigenvalue weighted by molar-refractivity contribution is -0.182. The van der Waals surface area contributed by atoms with E-state index in [1.54, 1.807) is 4.90 Å². The summed E-state index contributed by atoms with van der Waals surface area (Å²) in [7, 11) is 1.52. The molecule has 36 heavy (non-hydrogen) atoms. The number of imide groups is 1. The van der Waals surface area contributed by atoms with Crippen LogP contribution in [0.1, 0.15) is 56.3 Å². The number of rotatable bonds is 2. The highest BCUT2D eigenvalue weighted by Crippen LogP contribution is 2.67. The van der Waals surface area contributed by atoms with Crippen LogP contribution >= 0.6 is 0 Å². The van der Waals surface area contributed by atoms with Gasteiger partial charge in [0.25, 0.3) is 0 Å². The smallest absolute Gasteiger partial charge is 0.245 e. The van der Waals surface area contributed by atoms with Crippen LogP contribution in [0.15, 0.2) is 72.9 Å². The van der Waals surface area contributed by atoms with Crippen molar-refractivity contribution in [3.63, 3.8) is 0 Å². The largest absolute Gasteiger partial charge is 0.306 e. The first kappa shape index (κ1) is 22.7. The summed E-state index contributed by atoms with van der Waals surface area (Å²) in [6, 6.07) is 22.2. The van der Waals surface area contributed by atoms with Crippen molar-refractivity contribution in [3.05, 3.63) is 89.6 Å². The number of carbonyl (C=O) groups excluding carboxylic acids is 3. The van der Waals surface area contributed by atoms with E-state index >= 15 is 0 Å². The summed E-state index contributed by atoms with van der Waals surface area (Å²) in [5.74, 6) is -0.810. The second-order valence-electron chi connectivity index (χ2n) is 11.2. The second-order valence-corrected chi connectivity index (χ2v) is 11.2. The monoisotopic (exact) mass is 478 g/mol. The van der Waals surface area contributed by atoms with Crippen LogP contribution in [0.3, 0.4) is 0 Å². The molecule has 1 aliphatic carbocycles. The van der Waals surface area contributed by atoms with Gasteiger partial charge in [0.2, 0.25) is 17.7 Å². The number of piperidine rings is 1. The van der Waals surface area contributed by atoms with Crippen LogP contribution in [0.2, 0.25) is 0 Å². The molecule has 3 amide bonds. The molecule has 2 heterocycles. The summed E-state index contributed by atoms with van der Waals surface area (Å²) in [4.78, 5) is 44.7. The third-order valence-electron chi connectivity index (χ3n) is 9.57. The van der Waals surface area contributed by atoms with Crippen LogP contribution in [0.4, 0.5) is 0 Å². The third-order valence-corrected chi connectivity index (χ3v) is 9.57. The second kappa shape index (κ2) is 7.39. The van der Waals surface area contributed by atoms with Crippen molar-refractivity contribution in [2.75, 3.05) is 7.05 Å².